The Morgan fingerprint density at radius 1 is 1.42 bits per heavy atom. The van der Waals surface area contributed by atoms with Gasteiger partial charge in [0.1, 0.15) is 5.82 Å². The average molecular weight is 263 g/mol. The second kappa shape index (κ2) is 5.72. The number of carbonyl (C=O) groups excluding carboxylic acids is 1. The fraction of sp³-hybridized carbons (Fsp3) is 0.562. The first kappa shape index (κ1) is 14.0. The number of rotatable bonds is 5. The lowest BCUT2D eigenvalue weighted by molar-refractivity contribution is 0.101. The van der Waals surface area contributed by atoms with Crippen LogP contribution in [0.3, 0.4) is 0 Å². The lowest BCUT2D eigenvalue weighted by Crippen LogP contribution is -2.33. The molecule has 0 saturated heterocycles. The first-order valence-electron chi connectivity index (χ1n) is 7.09. The minimum atomic E-state index is -0.298. The van der Waals surface area contributed by atoms with E-state index < -0.39 is 0 Å². The third-order valence-corrected chi connectivity index (χ3v) is 4.08. The molecule has 1 aliphatic carbocycles. The van der Waals surface area contributed by atoms with Crippen molar-refractivity contribution in [1.29, 1.82) is 0 Å². The zero-order valence-electron chi connectivity index (χ0n) is 12.0. The van der Waals surface area contributed by atoms with Crippen LogP contribution in [-0.4, -0.2) is 18.9 Å². The molecule has 1 aromatic carbocycles. The molecule has 0 radical (unpaired) electrons. The number of anilines is 1. The third-order valence-electron chi connectivity index (χ3n) is 4.08. The molecular formula is C16H22FNO. The van der Waals surface area contributed by atoms with E-state index in [0.717, 1.165) is 24.7 Å². The Labute approximate surface area is 114 Å². The van der Waals surface area contributed by atoms with Crippen LogP contribution < -0.4 is 4.90 Å². The molecule has 0 amide bonds. The van der Waals surface area contributed by atoms with Crippen LogP contribution in [0, 0.1) is 18.7 Å². The van der Waals surface area contributed by atoms with E-state index in [1.807, 2.05) is 6.07 Å². The lowest BCUT2D eigenvalue weighted by atomic mass is 9.85. The van der Waals surface area contributed by atoms with Crippen LogP contribution in [0.1, 0.15) is 49.0 Å². The molecule has 104 valence electrons. The number of aryl methyl sites for hydroxylation is 1. The van der Waals surface area contributed by atoms with Gasteiger partial charge in [0, 0.05) is 24.3 Å². The predicted molar refractivity (Wildman–Crippen MR) is 76.4 cm³/mol. The van der Waals surface area contributed by atoms with E-state index >= 15 is 0 Å². The number of hydrogen-bond donors (Lipinski definition) is 0. The second-order valence-corrected chi connectivity index (χ2v) is 5.51. The first-order chi connectivity index (χ1) is 9.02. The molecule has 2 nitrogen and oxygen atoms in total. The van der Waals surface area contributed by atoms with Crippen molar-refractivity contribution in [3.63, 3.8) is 0 Å². The number of hydrogen-bond acceptors (Lipinski definition) is 2. The summed E-state index contributed by atoms with van der Waals surface area (Å²) < 4.78 is 13.7. The largest absolute Gasteiger partial charge is 0.371 e. The Morgan fingerprint density at radius 3 is 2.58 bits per heavy atom. The summed E-state index contributed by atoms with van der Waals surface area (Å²) in [5.41, 5.74) is 2.00. The van der Waals surface area contributed by atoms with Crippen molar-refractivity contribution in [3.05, 3.63) is 29.1 Å². The standard InChI is InChI=1S/C16H22FNO/c1-4-18(10-13-6-5-7-13)16-8-11(2)15(17)9-14(16)12(3)19/h8-9,13H,4-7,10H2,1-3H3. The van der Waals surface area contributed by atoms with E-state index in [0.29, 0.717) is 11.1 Å². The smallest absolute Gasteiger partial charge is 0.161 e. The average Bonchev–Trinajstić information content (AvgIpc) is 2.31. The van der Waals surface area contributed by atoms with Gasteiger partial charge in [0.05, 0.1) is 0 Å². The van der Waals surface area contributed by atoms with Crippen molar-refractivity contribution >= 4 is 11.5 Å². The highest BCUT2D eigenvalue weighted by atomic mass is 19.1. The van der Waals surface area contributed by atoms with Gasteiger partial charge in [-0.3, -0.25) is 4.79 Å². The number of benzene rings is 1. The molecule has 1 fully saturated rings. The van der Waals surface area contributed by atoms with Gasteiger partial charge < -0.3 is 4.90 Å². The van der Waals surface area contributed by atoms with Crippen molar-refractivity contribution in [2.45, 2.75) is 40.0 Å². The summed E-state index contributed by atoms with van der Waals surface area (Å²) in [7, 11) is 0. The second-order valence-electron chi connectivity index (χ2n) is 5.51. The number of Topliss-reactive ketones (excluding diaryl/α,β-unsaturated/α-hetero) is 1. The molecule has 3 heteroatoms. The Kier molecular flexibility index (Phi) is 4.23. The molecule has 1 aromatic rings. The fourth-order valence-corrected chi connectivity index (χ4v) is 2.59. The van der Waals surface area contributed by atoms with Crippen molar-refractivity contribution in [2.24, 2.45) is 5.92 Å². The maximum atomic E-state index is 13.7. The lowest BCUT2D eigenvalue weighted by Gasteiger charge is -2.34. The SMILES string of the molecule is CCN(CC1CCC1)c1cc(C)c(F)cc1C(C)=O. The first-order valence-corrected chi connectivity index (χ1v) is 7.09. The van der Waals surface area contributed by atoms with E-state index in [9.17, 15) is 9.18 Å². The summed E-state index contributed by atoms with van der Waals surface area (Å²) in [5, 5.41) is 0. The Balaban J connectivity index is 2.33. The summed E-state index contributed by atoms with van der Waals surface area (Å²) in [6.45, 7) is 7.16. The van der Waals surface area contributed by atoms with Gasteiger partial charge in [0.25, 0.3) is 0 Å². The highest BCUT2D eigenvalue weighted by Gasteiger charge is 2.23. The van der Waals surface area contributed by atoms with E-state index in [2.05, 4.69) is 11.8 Å². The van der Waals surface area contributed by atoms with E-state index in [1.54, 1.807) is 6.92 Å². The van der Waals surface area contributed by atoms with Crippen LogP contribution in [0.2, 0.25) is 0 Å². The molecule has 0 spiro atoms. The zero-order chi connectivity index (χ0) is 14.0. The summed E-state index contributed by atoms with van der Waals surface area (Å²) >= 11 is 0. The van der Waals surface area contributed by atoms with Gasteiger partial charge in [-0.2, -0.15) is 0 Å². The molecule has 0 aromatic heterocycles. The van der Waals surface area contributed by atoms with E-state index in [1.165, 1.54) is 32.3 Å². The molecule has 0 aliphatic heterocycles. The minimum absolute atomic E-state index is 0.0686. The predicted octanol–water partition coefficient (Wildman–Crippen LogP) is 3.96. The monoisotopic (exact) mass is 263 g/mol. The third kappa shape index (κ3) is 2.96. The summed E-state index contributed by atoms with van der Waals surface area (Å²) in [6.07, 6.45) is 3.85. The van der Waals surface area contributed by atoms with Gasteiger partial charge in [-0.15, -0.1) is 0 Å². The summed E-state index contributed by atoms with van der Waals surface area (Å²) in [4.78, 5) is 13.9. The molecule has 19 heavy (non-hydrogen) atoms. The highest BCUT2D eigenvalue weighted by molar-refractivity contribution is 5.99. The van der Waals surface area contributed by atoms with Crippen molar-refractivity contribution in [3.8, 4) is 0 Å². The maximum absolute atomic E-state index is 13.7. The topological polar surface area (TPSA) is 20.3 Å². The Bertz CT molecular complexity index is 480. The molecule has 0 heterocycles. The summed E-state index contributed by atoms with van der Waals surface area (Å²) in [6, 6.07) is 3.20. The van der Waals surface area contributed by atoms with Crippen molar-refractivity contribution in [1.82, 2.24) is 0 Å². The fourth-order valence-electron chi connectivity index (χ4n) is 2.59. The molecule has 0 N–H and O–H groups in total. The van der Waals surface area contributed by atoms with Gasteiger partial charge in [-0.1, -0.05) is 6.42 Å². The van der Waals surface area contributed by atoms with Gasteiger partial charge in [-0.25, -0.2) is 4.39 Å². The van der Waals surface area contributed by atoms with Crippen LogP contribution >= 0.6 is 0 Å². The van der Waals surface area contributed by atoms with Crippen LogP contribution in [0.5, 0.6) is 0 Å². The normalized spacial score (nSPS) is 15.2. The Morgan fingerprint density at radius 2 is 2.11 bits per heavy atom. The van der Waals surface area contributed by atoms with Crippen LogP contribution in [-0.2, 0) is 0 Å². The number of carbonyl (C=O) groups is 1. The van der Waals surface area contributed by atoms with E-state index in [-0.39, 0.29) is 11.6 Å². The highest BCUT2D eigenvalue weighted by Crippen LogP contribution is 2.31. The number of nitrogens with zero attached hydrogens (tertiary/aromatic N) is 1. The number of ketones is 1. The Hall–Kier alpha value is -1.38. The van der Waals surface area contributed by atoms with Gasteiger partial charge in [-0.05, 0) is 57.2 Å². The molecular weight excluding hydrogens is 241 g/mol. The molecule has 1 saturated carbocycles. The molecule has 0 unspecified atom stereocenters. The maximum Gasteiger partial charge on any atom is 0.161 e. The van der Waals surface area contributed by atoms with Gasteiger partial charge in [0.15, 0.2) is 5.78 Å². The van der Waals surface area contributed by atoms with Gasteiger partial charge >= 0.3 is 0 Å². The molecule has 2 rings (SSSR count). The van der Waals surface area contributed by atoms with Crippen LogP contribution in [0.25, 0.3) is 0 Å². The van der Waals surface area contributed by atoms with Crippen LogP contribution in [0.4, 0.5) is 10.1 Å². The quantitative estimate of drug-likeness (QED) is 0.749. The molecule has 1 aliphatic rings. The van der Waals surface area contributed by atoms with E-state index in [4.69, 9.17) is 0 Å². The summed E-state index contributed by atoms with van der Waals surface area (Å²) in [5.74, 6) is 0.361. The molecule has 0 bridgehead atoms. The van der Waals surface area contributed by atoms with Gasteiger partial charge in [0.2, 0.25) is 0 Å². The van der Waals surface area contributed by atoms with Crippen molar-refractivity contribution < 1.29 is 9.18 Å². The number of halogens is 1. The van der Waals surface area contributed by atoms with Crippen molar-refractivity contribution in [2.75, 3.05) is 18.0 Å². The van der Waals surface area contributed by atoms with Crippen LogP contribution in [0.15, 0.2) is 12.1 Å². The zero-order valence-corrected chi connectivity index (χ0v) is 12.0. The molecule has 0 atom stereocenters. The minimum Gasteiger partial charge on any atom is -0.371 e.